The molecule has 0 spiro atoms. The Morgan fingerprint density at radius 1 is 1.40 bits per heavy atom. The number of thioether (sulfide) groups is 1. The summed E-state index contributed by atoms with van der Waals surface area (Å²) in [7, 11) is 2.08. The molecule has 0 aromatic rings. The topological polar surface area (TPSA) is 20.3 Å². The zero-order valence-electron chi connectivity index (χ0n) is 10.00. The highest BCUT2D eigenvalue weighted by Gasteiger charge is 2.25. The maximum atomic E-state index is 11.9. The highest BCUT2D eigenvalue weighted by atomic mass is 32.2. The number of likely N-dealkylation sites (N-methyl/N-ethyl adjacent to an activating group) is 1. The fraction of sp³-hybridized carbons (Fsp3) is 0.917. The van der Waals surface area contributed by atoms with Gasteiger partial charge in [0.05, 0.1) is 6.04 Å². The van der Waals surface area contributed by atoms with Crippen molar-refractivity contribution in [1.82, 2.24) is 4.90 Å². The van der Waals surface area contributed by atoms with E-state index < -0.39 is 0 Å². The van der Waals surface area contributed by atoms with E-state index >= 15 is 0 Å². The molecule has 1 fully saturated rings. The molecule has 1 rings (SSSR count). The van der Waals surface area contributed by atoms with Crippen LogP contribution >= 0.6 is 11.8 Å². The monoisotopic (exact) mass is 229 g/mol. The second kappa shape index (κ2) is 7.29. The maximum Gasteiger partial charge on any atom is 0.150 e. The molecular formula is C12H23NOS. The molecule has 0 saturated carbocycles. The summed E-state index contributed by atoms with van der Waals surface area (Å²) in [6.45, 7) is 3.27. The molecule has 0 amide bonds. The van der Waals surface area contributed by atoms with E-state index in [0.29, 0.717) is 5.78 Å². The molecule has 1 saturated heterocycles. The second-order valence-electron chi connectivity index (χ2n) is 4.35. The van der Waals surface area contributed by atoms with E-state index in [1.807, 2.05) is 11.8 Å². The summed E-state index contributed by atoms with van der Waals surface area (Å²) in [5.74, 6) is 2.64. The quantitative estimate of drug-likeness (QED) is 0.653. The van der Waals surface area contributed by atoms with Crippen molar-refractivity contribution in [3.63, 3.8) is 0 Å². The van der Waals surface area contributed by atoms with E-state index in [1.54, 1.807) is 0 Å². The molecule has 0 aromatic heterocycles. The number of carbonyl (C=O) groups excluding carboxylic acids is 1. The molecule has 0 aliphatic carbocycles. The van der Waals surface area contributed by atoms with E-state index in [1.165, 1.54) is 25.0 Å². The first-order valence-electron chi connectivity index (χ1n) is 6.06. The van der Waals surface area contributed by atoms with Crippen molar-refractivity contribution in [2.24, 2.45) is 0 Å². The molecule has 1 unspecified atom stereocenters. The van der Waals surface area contributed by atoms with Gasteiger partial charge in [-0.3, -0.25) is 9.69 Å². The summed E-state index contributed by atoms with van der Waals surface area (Å²) in [5.41, 5.74) is 0. The van der Waals surface area contributed by atoms with Crippen molar-refractivity contribution in [3.8, 4) is 0 Å². The van der Waals surface area contributed by atoms with Gasteiger partial charge in [0.15, 0.2) is 5.78 Å². The highest BCUT2D eigenvalue weighted by molar-refractivity contribution is 7.99. The summed E-state index contributed by atoms with van der Waals surface area (Å²) in [4.78, 5) is 14.1. The smallest absolute Gasteiger partial charge is 0.150 e. The minimum absolute atomic E-state index is 0.199. The summed E-state index contributed by atoms with van der Waals surface area (Å²) in [5, 5.41) is 0. The lowest BCUT2D eigenvalue weighted by Gasteiger charge is -2.30. The van der Waals surface area contributed by atoms with Crippen molar-refractivity contribution < 1.29 is 4.79 Å². The molecule has 15 heavy (non-hydrogen) atoms. The van der Waals surface area contributed by atoms with E-state index in [2.05, 4.69) is 18.9 Å². The molecule has 1 aliphatic heterocycles. The van der Waals surface area contributed by atoms with Crippen molar-refractivity contribution in [2.75, 3.05) is 25.1 Å². The average molecular weight is 229 g/mol. The number of Topliss-reactive ketones (excluding diaryl/α,β-unsaturated/α-hetero) is 1. The molecule has 3 heteroatoms. The van der Waals surface area contributed by atoms with Crippen LogP contribution in [0.1, 0.15) is 39.0 Å². The Balaban J connectivity index is 2.20. The Bertz CT molecular complexity index is 196. The van der Waals surface area contributed by atoms with Gasteiger partial charge in [-0.2, -0.15) is 11.8 Å². The van der Waals surface area contributed by atoms with Crippen LogP contribution in [0.25, 0.3) is 0 Å². The highest BCUT2D eigenvalue weighted by Crippen LogP contribution is 2.17. The fourth-order valence-electron chi connectivity index (χ4n) is 1.92. The Morgan fingerprint density at radius 3 is 2.87 bits per heavy atom. The molecule has 0 bridgehead atoms. The third-order valence-electron chi connectivity index (χ3n) is 3.04. The van der Waals surface area contributed by atoms with Crippen LogP contribution in [0.4, 0.5) is 0 Å². The molecule has 2 nitrogen and oxygen atoms in total. The van der Waals surface area contributed by atoms with Crippen LogP contribution in [0, 0.1) is 0 Å². The lowest BCUT2D eigenvalue weighted by Crippen LogP contribution is -2.44. The fourth-order valence-corrected chi connectivity index (χ4v) is 3.17. The number of rotatable bonds is 6. The number of unbranched alkanes of at least 4 members (excludes halogenated alkanes) is 3. The lowest BCUT2D eigenvalue weighted by atomic mass is 10.1. The Morgan fingerprint density at radius 2 is 2.20 bits per heavy atom. The summed E-state index contributed by atoms with van der Waals surface area (Å²) in [6, 6.07) is 0.199. The number of hydrogen-bond donors (Lipinski definition) is 0. The maximum absolute atomic E-state index is 11.9. The number of ketones is 1. The largest absolute Gasteiger partial charge is 0.298 e. The van der Waals surface area contributed by atoms with Crippen LogP contribution in [-0.2, 0) is 4.79 Å². The molecule has 1 aliphatic rings. The number of nitrogens with zero attached hydrogens (tertiary/aromatic N) is 1. The van der Waals surface area contributed by atoms with Crippen molar-refractivity contribution in [3.05, 3.63) is 0 Å². The van der Waals surface area contributed by atoms with Crippen LogP contribution in [0.5, 0.6) is 0 Å². The summed E-state index contributed by atoms with van der Waals surface area (Å²) in [6.07, 6.45) is 5.60. The van der Waals surface area contributed by atoms with Gasteiger partial charge in [-0.15, -0.1) is 0 Å². The van der Waals surface area contributed by atoms with Gasteiger partial charge in [0.1, 0.15) is 0 Å². The van der Waals surface area contributed by atoms with Crippen LogP contribution in [0.3, 0.4) is 0 Å². The molecule has 0 N–H and O–H groups in total. The Labute approximate surface area is 97.8 Å². The van der Waals surface area contributed by atoms with Crippen molar-refractivity contribution in [1.29, 1.82) is 0 Å². The van der Waals surface area contributed by atoms with E-state index in [0.717, 1.165) is 25.1 Å². The molecule has 1 atom stereocenters. The van der Waals surface area contributed by atoms with E-state index in [9.17, 15) is 4.79 Å². The Hall–Kier alpha value is -0.0200. The van der Waals surface area contributed by atoms with Gasteiger partial charge in [0.2, 0.25) is 0 Å². The molecule has 1 heterocycles. The lowest BCUT2D eigenvalue weighted by molar-refractivity contribution is -0.123. The van der Waals surface area contributed by atoms with Crippen LogP contribution in [0.2, 0.25) is 0 Å². The van der Waals surface area contributed by atoms with Gasteiger partial charge in [0.25, 0.3) is 0 Å². The Kier molecular flexibility index (Phi) is 6.34. The first-order chi connectivity index (χ1) is 7.25. The van der Waals surface area contributed by atoms with Gasteiger partial charge < -0.3 is 0 Å². The molecule has 0 radical (unpaired) electrons. The van der Waals surface area contributed by atoms with Gasteiger partial charge in [0, 0.05) is 24.5 Å². The second-order valence-corrected chi connectivity index (χ2v) is 5.50. The first-order valence-corrected chi connectivity index (χ1v) is 7.22. The van der Waals surface area contributed by atoms with Crippen molar-refractivity contribution >= 4 is 17.5 Å². The normalized spacial score (nSPS) is 22.9. The van der Waals surface area contributed by atoms with Crippen LogP contribution < -0.4 is 0 Å². The SMILES string of the molecule is CCCCCCC(=O)C1CSCCN1C. The van der Waals surface area contributed by atoms with Gasteiger partial charge >= 0.3 is 0 Å². The zero-order valence-corrected chi connectivity index (χ0v) is 10.8. The minimum Gasteiger partial charge on any atom is -0.298 e. The third-order valence-corrected chi connectivity index (χ3v) is 4.07. The minimum atomic E-state index is 0.199. The number of carbonyl (C=O) groups is 1. The number of hydrogen-bond acceptors (Lipinski definition) is 3. The average Bonchev–Trinajstić information content (AvgIpc) is 2.25. The predicted molar refractivity (Wildman–Crippen MR) is 67.5 cm³/mol. The van der Waals surface area contributed by atoms with Crippen LogP contribution in [0.15, 0.2) is 0 Å². The molecule has 88 valence electrons. The van der Waals surface area contributed by atoms with E-state index in [-0.39, 0.29) is 6.04 Å². The summed E-state index contributed by atoms with van der Waals surface area (Å²) < 4.78 is 0. The standard InChI is InChI=1S/C12H23NOS/c1-3-4-5-6-7-12(14)11-10-15-9-8-13(11)2/h11H,3-10H2,1-2H3. The molecular weight excluding hydrogens is 206 g/mol. The zero-order chi connectivity index (χ0) is 11.1. The predicted octanol–water partition coefficient (Wildman–Crippen LogP) is 2.57. The van der Waals surface area contributed by atoms with Crippen LogP contribution in [-0.4, -0.2) is 41.8 Å². The van der Waals surface area contributed by atoms with Gasteiger partial charge in [-0.1, -0.05) is 26.2 Å². The molecule has 0 aromatic carbocycles. The van der Waals surface area contributed by atoms with Gasteiger partial charge in [-0.05, 0) is 13.5 Å². The summed E-state index contributed by atoms with van der Waals surface area (Å²) >= 11 is 1.92. The first kappa shape index (κ1) is 13.0. The van der Waals surface area contributed by atoms with Crippen molar-refractivity contribution in [2.45, 2.75) is 45.1 Å². The van der Waals surface area contributed by atoms with Gasteiger partial charge in [-0.25, -0.2) is 0 Å². The van der Waals surface area contributed by atoms with E-state index in [4.69, 9.17) is 0 Å². The third kappa shape index (κ3) is 4.56.